The van der Waals surface area contributed by atoms with Crippen LogP contribution >= 0.6 is 11.6 Å². The topological polar surface area (TPSA) is 96.5 Å². The first-order chi connectivity index (χ1) is 13.2. The molecule has 1 saturated heterocycles. The van der Waals surface area contributed by atoms with Gasteiger partial charge < -0.3 is 25.8 Å². The standard InChI is InChI=1S/C17H19ClF3N5O2/c18-12-4-2-1-3-10(12)7-23-14-13(22)15(26-6-5-11(27)8-26)25-16(24-14)28-9-17(19,20)21/h1-4,11,27H,5-9,22H2,(H,23,24,25). The lowest BCUT2D eigenvalue weighted by Gasteiger charge is -2.21. The van der Waals surface area contributed by atoms with Gasteiger partial charge in [-0.25, -0.2) is 0 Å². The molecule has 152 valence electrons. The van der Waals surface area contributed by atoms with Crippen LogP contribution in [-0.2, 0) is 6.54 Å². The predicted octanol–water partition coefficient (Wildman–Crippen LogP) is 2.84. The third-order valence-electron chi connectivity index (χ3n) is 4.14. The van der Waals surface area contributed by atoms with Gasteiger partial charge in [-0.15, -0.1) is 0 Å². The zero-order chi connectivity index (χ0) is 20.3. The van der Waals surface area contributed by atoms with Gasteiger partial charge in [0.1, 0.15) is 5.69 Å². The van der Waals surface area contributed by atoms with Crippen molar-refractivity contribution in [3.8, 4) is 6.01 Å². The van der Waals surface area contributed by atoms with Crippen molar-refractivity contribution in [2.45, 2.75) is 25.2 Å². The van der Waals surface area contributed by atoms with Crippen LogP contribution in [0.3, 0.4) is 0 Å². The minimum Gasteiger partial charge on any atom is -0.454 e. The third kappa shape index (κ3) is 5.08. The first-order valence-electron chi connectivity index (χ1n) is 8.50. The summed E-state index contributed by atoms with van der Waals surface area (Å²) >= 11 is 6.12. The molecule has 2 heterocycles. The molecule has 0 radical (unpaired) electrons. The van der Waals surface area contributed by atoms with Gasteiger partial charge >= 0.3 is 12.2 Å². The Balaban J connectivity index is 1.87. The smallest absolute Gasteiger partial charge is 0.422 e. The van der Waals surface area contributed by atoms with E-state index in [-0.39, 0.29) is 30.4 Å². The lowest BCUT2D eigenvalue weighted by molar-refractivity contribution is -0.154. The van der Waals surface area contributed by atoms with Crippen molar-refractivity contribution < 1.29 is 23.0 Å². The molecular formula is C17H19ClF3N5O2. The fourth-order valence-electron chi connectivity index (χ4n) is 2.78. The Hall–Kier alpha value is -2.46. The number of nitrogens with one attached hydrogen (secondary N) is 1. The van der Waals surface area contributed by atoms with Gasteiger partial charge in [-0.1, -0.05) is 29.8 Å². The third-order valence-corrected chi connectivity index (χ3v) is 4.51. The number of ether oxygens (including phenoxy) is 1. The molecule has 1 aromatic carbocycles. The van der Waals surface area contributed by atoms with Crippen molar-refractivity contribution in [2.75, 3.05) is 35.6 Å². The van der Waals surface area contributed by atoms with Crippen LogP contribution in [0.1, 0.15) is 12.0 Å². The molecule has 0 bridgehead atoms. The number of hydrogen-bond acceptors (Lipinski definition) is 7. The summed E-state index contributed by atoms with van der Waals surface area (Å²) in [7, 11) is 0. The van der Waals surface area contributed by atoms with Gasteiger partial charge in [-0.05, 0) is 18.1 Å². The van der Waals surface area contributed by atoms with Crippen LogP contribution in [0, 0.1) is 0 Å². The number of aliphatic hydroxyl groups is 1. The second-order valence-electron chi connectivity index (χ2n) is 6.33. The summed E-state index contributed by atoms with van der Waals surface area (Å²) in [6.07, 6.45) is -4.58. The number of nitrogen functional groups attached to an aromatic ring is 1. The van der Waals surface area contributed by atoms with Gasteiger partial charge in [0.2, 0.25) is 0 Å². The molecule has 1 aromatic heterocycles. The van der Waals surface area contributed by atoms with E-state index in [1.807, 2.05) is 0 Å². The van der Waals surface area contributed by atoms with E-state index >= 15 is 0 Å². The molecule has 0 saturated carbocycles. The number of alkyl halides is 3. The van der Waals surface area contributed by atoms with Crippen molar-refractivity contribution in [3.63, 3.8) is 0 Å². The summed E-state index contributed by atoms with van der Waals surface area (Å²) in [4.78, 5) is 9.67. The van der Waals surface area contributed by atoms with Crippen LogP contribution in [-0.4, -0.2) is 47.1 Å². The Morgan fingerprint density at radius 1 is 1.32 bits per heavy atom. The summed E-state index contributed by atoms with van der Waals surface area (Å²) in [5.41, 5.74) is 7.06. The molecule has 2 aromatic rings. The number of aromatic nitrogens is 2. The van der Waals surface area contributed by atoms with Crippen molar-refractivity contribution in [1.29, 1.82) is 0 Å². The number of rotatable bonds is 6. The minimum absolute atomic E-state index is 0.128. The van der Waals surface area contributed by atoms with Crippen molar-refractivity contribution >= 4 is 28.9 Å². The van der Waals surface area contributed by atoms with E-state index in [4.69, 9.17) is 22.1 Å². The first-order valence-corrected chi connectivity index (χ1v) is 8.88. The Morgan fingerprint density at radius 3 is 2.71 bits per heavy atom. The number of anilines is 3. The summed E-state index contributed by atoms with van der Waals surface area (Å²) in [5.74, 6) is 0.342. The SMILES string of the molecule is Nc1c(NCc2ccccc2Cl)nc(OCC(F)(F)F)nc1N1CCC(O)C1. The molecule has 28 heavy (non-hydrogen) atoms. The summed E-state index contributed by atoms with van der Waals surface area (Å²) in [6, 6.07) is 6.65. The molecule has 4 N–H and O–H groups in total. The molecule has 7 nitrogen and oxygen atoms in total. The average molecular weight is 418 g/mol. The Bertz CT molecular complexity index is 837. The molecule has 0 aliphatic carbocycles. The maximum atomic E-state index is 12.5. The number of nitrogens with zero attached hydrogens (tertiary/aromatic N) is 3. The predicted molar refractivity (Wildman–Crippen MR) is 99.6 cm³/mol. The Morgan fingerprint density at radius 2 is 2.07 bits per heavy atom. The second kappa shape index (κ2) is 8.27. The zero-order valence-corrected chi connectivity index (χ0v) is 15.5. The van der Waals surface area contributed by atoms with Crippen LogP contribution < -0.4 is 20.7 Å². The molecule has 1 aliphatic heterocycles. The van der Waals surface area contributed by atoms with Gasteiger partial charge in [0.15, 0.2) is 18.2 Å². The molecule has 3 rings (SSSR count). The van der Waals surface area contributed by atoms with E-state index < -0.39 is 24.9 Å². The highest BCUT2D eigenvalue weighted by atomic mass is 35.5. The molecule has 1 unspecified atom stereocenters. The molecule has 0 amide bonds. The second-order valence-corrected chi connectivity index (χ2v) is 6.74. The quantitative estimate of drug-likeness (QED) is 0.665. The van der Waals surface area contributed by atoms with Crippen LogP contribution in [0.2, 0.25) is 5.02 Å². The van der Waals surface area contributed by atoms with Crippen molar-refractivity contribution in [3.05, 3.63) is 34.9 Å². The highest BCUT2D eigenvalue weighted by Crippen LogP contribution is 2.32. The fourth-order valence-corrected chi connectivity index (χ4v) is 2.98. The monoisotopic (exact) mass is 417 g/mol. The number of hydrogen-bond donors (Lipinski definition) is 3. The lowest BCUT2D eigenvalue weighted by atomic mass is 10.2. The van der Waals surface area contributed by atoms with Crippen LogP contribution in [0.4, 0.5) is 30.5 Å². The van der Waals surface area contributed by atoms with Gasteiger partial charge in [0.05, 0.1) is 6.10 Å². The fraction of sp³-hybridized carbons (Fsp3) is 0.412. The van der Waals surface area contributed by atoms with E-state index in [9.17, 15) is 18.3 Å². The van der Waals surface area contributed by atoms with Crippen LogP contribution in [0.15, 0.2) is 24.3 Å². The highest BCUT2D eigenvalue weighted by molar-refractivity contribution is 6.31. The van der Waals surface area contributed by atoms with Gasteiger partial charge in [-0.3, -0.25) is 0 Å². The minimum atomic E-state index is -4.53. The van der Waals surface area contributed by atoms with Gasteiger partial charge in [0, 0.05) is 24.7 Å². The summed E-state index contributed by atoms with van der Waals surface area (Å²) < 4.78 is 42.2. The molecule has 0 spiro atoms. The summed E-state index contributed by atoms with van der Waals surface area (Å²) in [5, 5.41) is 13.2. The molecule has 11 heteroatoms. The molecular weight excluding hydrogens is 399 g/mol. The van der Waals surface area contributed by atoms with E-state index in [0.717, 1.165) is 5.56 Å². The summed E-state index contributed by atoms with van der Waals surface area (Å²) in [6.45, 7) is -0.542. The van der Waals surface area contributed by atoms with Crippen LogP contribution in [0.5, 0.6) is 6.01 Å². The zero-order valence-electron chi connectivity index (χ0n) is 14.7. The Labute approximate surface area is 164 Å². The largest absolute Gasteiger partial charge is 0.454 e. The average Bonchev–Trinajstić information content (AvgIpc) is 3.06. The number of aliphatic hydroxyl groups excluding tert-OH is 1. The normalized spacial score (nSPS) is 17.0. The van der Waals surface area contributed by atoms with E-state index in [1.165, 1.54) is 0 Å². The van der Waals surface area contributed by atoms with E-state index in [1.54, 1.807) is 29.2 Å². The van der Waals surface area contributed by atoms with E-state index in [0.29, 0.717) is 18.0 Å². The number of β-amino-alcohol motifs (C(OH)–C–C–N with tert-alkyl or cyclic N) is 1. The molecule has 1 fully saturated rings. The maximum Gasteiger partial charge on any atom is 0.422 e. The van der Waals surface area contributed by atoms with Crippen molar-refractivity contribution in [1.82, 2.24) is 9.97 Å². The van der Waals surface area contributed by atoms with E-state index in [2.05, 4.69) is 15.3 Å². The van der Waals surface area contributed by atoms with Gasteiger partial charge in [-0.2, -0.15) is 23.1 Å². The molecule has 1 atom stereocenters. The number of nitrogens with two attached hydrogens (primary N) is 1. The highest BCUT2D eigenvalue weighted by Gasteiger charge is 2.30. The molecule has 1 aliphatic rings. The van der Waals surface area contributed by atoms with Crippen molar-refractivity contribution in [2.24, 2.45) is 0 Å². The lowest BCUT2D eigenvalue weighted by Crippen LogP contribution is -2.25. The first kappa shape index (κ1) is 20.3. The van der Waals surface area contributed by atoms with Gasteiger partial charge in [0.25, 0.3) is 0 Å². The Kier molecular flexibility index (Phi) is 5.99. The van der Waals surface area contributed by atoms with Crippen LogP contribution in [0.25, 0.3) is 0 Å². The maximum absolute atomic E-state index is 12.5. The number of halogens is 4. The number of benzene rings is 1.